The normalized spacial score (nSPS) is 23.3. The summed E-state index contributed by atoms with van der Waals surface area (Å²) in [5.41, 5.74) is 0. The minimum Gasteiger partial charge on any atom is -0.393 e. The fourth-order valence-corrected chi connectivity index (χ4v) is 1.26. The Morgan fingerprint density at radius 3 is 2.56 bits per heavy atom. The first kappa shape index (κ1) is 7.07. The zero-order chi connectivity index (χ0) is 6.69. The maximum Gasteiger partial charge on any atom is 0.0512 e. The van der Waals surface area contributed by atoms with Crippen molar-refractivity contribution in [2.45, 2.75) is 45.1 Å². The van der Waals surface area contributed by atoms with Gasteiger partial charge in [0.15, 0.2) is 0 Å². The average Bonchev–Trinajstić information content (AvgIpc) is 1.60. The molecule has 1 aliphatic rings. The fraction of sp³-hybridized carbons (Fsp3) is 1.00. The summed E-state index contributed by atoms with van der Waals surface area (Å²) >= 11 is 0. The largest absolute Gasteiger partial charge is 0.393 e. The molecular weight excluding hydrogens is 112 g/mol. The van der Waals surface area contributed by atoms with Gasteiger partial charge >= 0.3 is 0 Å². The molecule has 1 saturated carbocycles. The Morgan fingerprint density at radius 2 is 2.22 bits per heavy atom. The molecule has 1 heteroatoms. The predicted octanol–water partition coefficient (Wildman–Crippen LogP) is 1.95. The van der Waals surface area contributed by atoms with Crippen LogP contribution >= 0.6 is 0 Å². The summed E-state index contributed by atoms with van der Waals surface area (Å²) in [7, 11) is 0. The molecule has 1 rings (SSSR count). The van der Waals surface area contributed by atoms with Crippen molar-refractivity contribution in [3.8, 4) is 0 Å². The zero-order valence-electron chi connectivity index (χ0n) is 6.14. The second kappa shape index (κ2) is 3.21. The summed E-state index contributed by atoms with van der Waals surface area (Å²) in [6.45, 7) is 1.87. The van der Waals surface area contributed by atoms with E-state index >= 15 is 0 Å². The molecule has 1 N–H and O–H groups in total. The van der Waals surface area contributed by atoms with Crippen molar-refractivity contribution in [1.29, 1.82) is 0 Å². The van der Waals surface area contributed by atoms with Gasteiger partial charge in [-0.1, -0.05) is 19.3 Å². The van der Waals surface area contributed by atoms with E-state index in [1.807, 2.05) is 6.92 Å². The molecule has 1 nitrogen and oxygen atoms in total. The third-order valence-corrected chi connectivity index (χ3v) is 2.22. The monoisotopic (exact) mass is 128 g/mol. The summed E-state index contributed by atoms with van der Waals surface area (Å²) in [5.74, 6) is 0.958. The highest BCUT2D eigenvalue weighted by atomic mass is 16.3. The van der Waals surface area contributed by atoms with Crippen LogP contribution < -0.4 is 0 Å². The molecule has 1 atom stereocenters. The van der Waals surface area contributed by atoms with E-state index in [9.17, 15) is 0 Å². The van der Waals surface area contributed by atoms with E-state index in [2.05, 4.69) is 0 Å². The summed E-state index contributed by atoms with van der Waals surface area (Å²) in [6.07, 6.45) is 6.41. The number of aliphatic hydroxyl groups is 1. The van der Waals surface area contributed by atoms with Crippen molar-refractivity contribution in [2.75, 3.05) is 0 Å². The number of hydrogen-bond acceptors (Lipinski definition) is 1. The topological polar surface area (TPSA) is 20.2 Å². The molecule has 0 aromatic carbocycles. The van der Waals surface area contributed by atoms with Crippen LogP contribution in [0.3, 0.4) is 0 Å². The van der Waals surface area contributed by atoms with Gasteiger partial charge in [0, 0.05) is 0 Å². The minimum atomic E-state index is -0.0781. The summed E-state index contributed by atoms with van der Waals surface area (Å²) in [6, 6.07) is 0. The second-order valence-corrected chi connectivity index (χ2v) is 3.22. The average molecular weight is 128 g/mol. The van der Waals surface area contributed by atoms with Crippen molar-refractivity contribution in [3.05, 3.63) is 0 Å². The molecule has 0 aliphatic heterocycles. The first-order valence-corrected chi connectivity index (χ1v) is 3.97. The van der Waals surface area contributed by atoms with Gasteiger partial charge in [0.05, 0.1) is 6.10 Å². The maximum atomic E-state index is 8.92. The molecule has 0 bridgehead atoms. The van der Waals surface area contributed by atoms with Gasteiger partial charge in [-0.25, -0.2) is 0 Å². The molecular formula is C8H16O. The molecule has 0 saturated heterocycles. The van der Waals surface area contributed by atoms with Crippen LogP contribution in [0.1, 0.15) is 39.0 Å². The van der Waals surface area contributed by atoms with Crippen LogP contribution in [0.25, 0.3) is 0 Å². The molecule has 0 spiro atoms. The summed E-state index contributed by atoms with van der Waals surface area (Å²) in [5, 5.41) is 8.92. The van der Waals surface area contributed by atoms with E-state index in [-0.39, 0.29) is 6.10 Å². The number of aliphatic hydroxyl groups excluding tert-OH is 1. The molecule has 0 amide bonds. The summed E-state index contributed by atoms with van der Waals surface area (Å²) < 4.78 is 0. The van der Waals surface area contributed by atoms with Gasteiger partial charge in [-0.05, 0) is 25.7 Å². The van der Waals surface area contributed by atoms with Crippen molar-refractivity contribution >= 4 is 0 Å². The lowest BCUT2D eigenvalue weighted by Gasteiger charge is -2.25. The van der Waals surface area contributed by atoms with E-state index in [4.69, 9.17) is 5.11 Å². The molecule has 1 aliphatic carbocycles. The highest BCUT2D eigenvalue weighted by molar-refractivity contribution is 4.69. The number of rotatable bonds is 3. The Bertz CT molecular complexity index is 74.6. The fourth-order valence-electron chi connectivity index (χ4n) is 1.26. The maximum absolute atomic E-state index is 8.92. The molecule has 0 radical (unpaired) electrons. The minimum absolute atomic E-state index is 0.0781. The molecule has 54 valence electrons. The van der Waals surface area contributed by atoms with E-state index in [1.54, 1.807) is 0 Å². The Hall–Kier alpha value is -0.0400. The zero-order valence-corrected chi connectivity index (χ0v) is 6.14. The Balaban J connectivity index is 1.91. The first-order valence-electron chi connectivity index (χ1n) is 3.97. The van der Waals surface area contributed by atoms with Crippen LogP contribution in [-0.2, 0) is 0 Å². The molecule has 9 heavy (non-hydrogen) atoms. The third-order valence-electron chi connectivity index (χ3n) is 2.22. The van der Waals surface area contributed by atoms with Gasteiger partial charge in [0.2, 0.25) is 0 Å². The quantitative estimate of drug-likeness (QED) is 0.616. The first-order chi connectivity index (χ1) is 4.29. The van der Waals surface area contributed by atoms with Gasteiger partial charge in [0.1, 0.15) is 0 Å². The van der Waals surface area contributed by atoms with Crippen molar-refractivity contribution in [2.24, 2.45) is 5.92 Å². The molecule has 0 heterocycles. The van der Waals surface area contributed by atoms with E-state index in [0.29, 0.717) is 0 Å². The van der Waals surface area contributed by atoms with Gasteiger partial charge in [-0.3, -0.25) is 0 Å². The van der Waals surface area contributed by atoms with Gasteiger partial charge in [-0.15, -0.1) is 0 Å². The van der Waals surface area contributed by atoms with Crippen molar-refractivity contribution < 1.29 is 5.11 Å². The van der Waals surface area contributed by atoms with Crippen LogP contribution in [0, 0.1) is 5.92 Å². The lowest BCUT2D eigenvalue weighted by Crippen LogP contribution is -2.13. The molecule has 0 unspecified atom stereocenters. The lowest BCUT2D eigenvalue weighted by atomic mass is 9.82. The van der Waals surface area contributed by atoms with Gasteiger partial charge in [-0.2, -0.15) is 0 Å². The smallest absolute Gasteiger partial charge is 0.0512 e. The van der Waals surface area contributed by atoms with Crippen molar-refractivity contribution in [1.82, 2.24) is 0 Å². The Morgan fingerprint density at radius 1 is 1.56 bits per heavy atom. The highest BCUT2D eigenvalue weighted by Crippen LogP contribution is 2.30. The second-order valence-electron chi connectivity index (χ2n) is 3.22. The van der Waals surface area contributed by atoms with Crippen LogP contribution in [0.4, 0.5) is 0 Å². The van der Waals surface area contributed by atoms with E-state index in [0.717, 1.165) is 12.3 Å². The van der Waals surface area contributed by atoms with Crippen LogP contribution in [-0.4, -0.2) is 11.2 Å². The van der Waals surface area contributed by atoms with Crippen molar-refractivity contribution in [3.63, 3.8) is 0 Å². The number of hydrogen-bond donors (Lipinski definition) is 1. The lowest BCUT2D eigenvalue weighted by molar-refractivity contribution is 0.160. The SMILES string of the molecule is C[C@@H](O)CCC1CCC1. The van der Waals surface area contributed by atoms with Gasteiger partial charge in [0.25, 0.3) is 0 Å². The van der Waals surface area contributed by atoms with E-state index in [1.165, 1.54) is 25.7 Å². The van der Waals surface area contributed by atoms with Crippen LogP contribution in [0.15, 0.2) is 0 Å². The Kier molecular flexibility index (Phi) is 2.52. The molecule has 1 fully saturated rings. The highest BCUT2D eigenvalue weighted by Gasteiger charge is 2.16. The Labute approximate surface area is 57.1 Å². The van der Waals surface area contributed by atoms with Crippen LogP contribution in [0.2, 0.25) is 0 Å². The molecule has 0 aromatic rings. The van der Waals surface area contributed by atoms with Gasteiger partial charge < -0.3 is 5.11 Å². The standard InChI is InChI=1S/C8H16O/c1-7(9)5-6-8-3-2-4-8/h7-9H,2-6H2,1H3/t7-/m1/s1. The van der Waals surface area contributed by atoms with Crippen LogP contribution in [0.5, 0.6) is 0 Å². The molecule has 0 aromatic heterocycles. The van der Waals surface area contributed by atoms with E-state index < -0.39 is 0 Å². The summed E-state index contributed by atoms with van der Waals surface area (Å²) in [4.78, 5) is 0. The third kappa shape index (κ3) is 2.35. The predicted molar refractivity (Wildman–Crippen MR) is 38.3 cm³/mol.